The summed E-state index contributed by atoms with van der Waals surface area (Å²) >= 11 is 17.6. The fourth-order valence-electron chi connectivity index (χ4n) is 1.62. The van der Waals surface area contributed by atoms with Crippen molar-refractivity contribution >= 4 is 40.6 Å². The first-order valence-electron chi connectivity index (χ1n) is 5.74. The molecule has 1 aromatic heterocycles. The van der Waals surface area contributed by atoms with Crippen LogP contribution in [0.1, 0.15) is 17.3 Å². The van der Waals surface area contributed by atoms with E-state index < -0.39 is 6.10 Å². The van der Waals surface area contributed by atoms with Crippen LogP contribution >= 0.6 is 34.8 Å². The van der Waals surface area contributed by atoms with Crippen molar-refractivity contribution < 1.29 is 9.53 Å². The Hall–Kier alpha value is -1.29. The summed E-state index contributed by atoms with van der Waals surface area (Å²) in [4.78, 5) is 16.1. The second-order valence-corrected chi connectivity index (χ2v) is 5.37. The van der Waals surface area contributed by atoms with Gasteiger partial charge in [0.2, 0.25) is 5.78 Å². The lowest BCUT2D eigenvalue weighted by Gasteiger charge is -2.14. The van der Waals surface area contributed by atoms with E-state index in [-0.39, 0.29) is 5.78 Å². The van der Waals surface area contributed by atoms with Gasteiger partial charge in [0, 0.05) is 22.8 Å². The van der Waals surface area contributed by atoms with Gasteiger partial charge in [-0.2, -0.15) is 0 Å². The standard InChI is InChI=1S/C14H10Cl3NO2/c1-8(20-11-4-10(16)6-18-7-11)14(19)12-3-2-9(15)5-13(12)17/h2-8H,1H3. The average Bonchev–Trinajstić information content (AvgIpc) is 2.38. The fourth-order valence-corrected chi connectivity index (χ4v) is 2.29. The molecule has 2 aromatic rings. The van der Waals surface area contributed by atoms with Crippen molar-refractivity contribution in [2.24, 2.45) is 0 Å². The van der Waals surface area contributed by atoms with Crippen LogP contribution in [0.2, 0.25) is 15.1 Å². The van der Waals surface area contributed by atoms with Gasteiger partial charge in [-0.15, -0.1) is 0 Å². The Morgan fingerprint density at radius 2 is 1.90 bits per heavy atom. The third kappa shape index (κ3) is 3.63. The van der Waals surface area contributed by atoms with Crippen molar-refractivity contribution in [1.29, 1.82) is 0 Å². The predicted octanol–water partition coefficient (Wildman–Crippen LogP) is 4.69. The summed E-state index contributed by atoms with van der Waals surface area (Å²) in [6, 6.07) is 6.28. The van der Waals surface area contributed by atoms with E-state index >= 15 is 0 Å². The van der Waals surface area contributed by atoms with Gasteiger partial charge >= 0.3 is 0 Å². The number of hydrogen-bond donors (Lipinski definition) is 0. The fraction of sp³-hybridized carbons (Fsp3) is 0.143. The Bertz CT molecular complexity index is 646. The molecule has 0 radical (unpaired) electrons. The monoisotopic (exact) mass is 329 g/mol. The molecule has 0 N–H and O–H groups in total. The summed E-state index contributed by atoms with van der Waals surface area (Å²) in [6.45, 7) is 1.63. The lowest BCUT2D eigenvalue weighted by atomic mass is 10.1. The van der Waals surface area contributed by atoms with Gasteiger partial charge in [0.15, 0.2) is 6.10 Å². The molecule has 1 atom stereocenters. The van der Waals surface area contributed by atoms with E-state index in [9.17, 15) is 4.79 Å². The maximum Gasteiger partial charge on any atom is 0.204 e. The number of nitrogens with zero attached hydrogens (tertiary/aromatic N) is 1. The zero-order chi connectivity index (χ0) is 14.7. The lowest BCUT2D eigenvalue weighted by molar-refractivity contribution is 0.0818. The number of ketones is 1. The highest BCUT2D eigenvalue weighted by Gasteiger charge is 2.20. The first-order valence-corrected chi connectivity index (χ1v) is 6.87. The van der Waals surface area contributed by atoms with Crippen LogP contribution in [-0.2, 0) is 0 Å². The lowest BCUT2D eigenvalue weighted by Crippen LogP contribution is -2.24. The van der Waals surface area contributed by atoms with E-state index in [1.165, 1.54) is 18.5 Å². The Kier molecular flexibility index (Phi) is 4.86. The molecule has 0 fully saturated rings. The highest BCUT2D eigenvalue weighted by atomic mass is 35.5. The van der Waals surface area contributed by atoms with Crippen LogP contribution in [0.3, 0.4) is 0 Å². The third-order valence-corrected chi connectivity index (χ3v) is 3.31. The van der Waals surface area contributed by atoms with E-state index in [0.717, 1.165) is 0 Å². The number of hydrogen-bond acceptors (Lipinski definition) is 3. The number of carbonyl (C=O) groups excluding carboxylic acids is 1. The SMILES string of the molecule is CC(Oc1cncc(Cl)c1)C(=O)c1ccc(Cl)cc1Cl. The summed E-state index contributed by atoms with van der Waals surface area (Å²) in [5.41, 5.74) is 0.360. The predicted molar refractivity (Wildman–Crippen MR) is 80.1 cm³/mol. The molecule has 0 aliphatic carbocycles. The van der Waals surface area contributed by atoms with E-state index in [1.807, 2.05) is 0 Å². The third-order valence-electron chi connectivity index (χ3n) is 2.56. The van der Waals surface area contributed by atoms with Crippen molar-refractivity contribution in [3.05, 3.63) is 57.3 Å². The van der Waals surface area contributed by atoms with Gasteiger partial charge < -0.3 is 4.74 Å². The topological polar surface area (TPSA) is 39.2 Å². The van der Waals surface area contributed by atoms with Gasteiger partial charge in [-0.25, -0.2) is 0 Å². The van der Waals surface area contributed by atoms with Crippen molar-refractivity contribution in [3.63, 3.8) is 0 Å². The molecule has 1 aromatic carbocycles. The molecule has 6 heteroatoms. The normalized spacial score (nSPS) is 12.0. The zero-order valence-electron chi connectivity index (χ0n) is 10.4. The molecule has 3 nitrogen and oxygen atoms in total. The van der Waals surface area contributed by atoms with Gasteiger partial charge in [-0.1, -0.05) is 34.8 Å². The van der Waals surface area contributed by atoms with Gasteiger partial charge in [0.05, 0.1) is 16.2 Å². The number of aromatic nitrogens is 1. The molecular weight excluding hydrogens is 321 g/mol. The number of benzene rings is 1. The molecule has 20 heavy (non-hydrogen) atoms. The Labute approximate surface area is 131 Å². The second-order valence-electron chi connectivity index (χ2n) is 4.09. The summed E-state index contributed by atoms with van der Waals surface area (Å²) in [7, 11) is 0. The van der Waals surface area contributed by atoms with E-state index in [0.29, 0.717) is 26.4 Å². The highest BCUT2D eigenvalue weighted by molar-refractivity contribution is 6.37. The van der Waals surface area contributed by atoms with E-state index in [4.69, 9.17) is 39.5 Å². The maximum absolute atomic E-state index is 12.3. The minimum atomic E-state index is -0.714. The van der Waals surface area contributed by atoms with E-state index in [1.54, 1.807) is 25.1 Å². The first kappa shape index (κ1) is 15.1. The number of rotatable bonds is 4. The molecule has 104 valence electrons. The van der Waals surface area contributed by atoms with Gasteiger partial charge in [-0.05, 0) is 25.1 Å². The maximum atomic E-state index is 12.3. The molecule has 0 bridgehead atoms. The largest absolute Gasteiger partial charge is 0.481 e. The van der Waals surface area contributed by atoms with Crippen molar-refractivity contribution in [1.82, 2.24) is 4.98 Å². The van der Waals surface area contributed by atoms with Crippen LogP contribution in [0.25, 0.3) is 0 Å². The molecule has 0 saturated carbocycles. The van der Waals surface area contributed by atoms with Gasteiger partial charge in [0.1, 0.15) is 5.75 Å². The van der Waals surface area contributed by atoms with Crippen LogP contribution in [0.15, 0.2) is 36.7 Å². The Balaban J connectivity index is 2.16. The summed E-state index contributed by atoms with van der Waals surface area (Å²) in [5, 5.41) is 1.20. The van der Waals surface area contributed by atoms with Gasteiger partial charge in [-0.3, -0.25) is 9.78 Å². The minimum absolute atomic E-state index is 0.244. The van der Waals surface area contributed by atoms with Crippen LogP contribution in [0.4, 0.5) is 0 Å². The van der Waals surface area contributed by atoms with Crippen molar-refractivity contribution in [3.8, 4) is 5.75 Å². The minimum Gasteiger partial charge on any atom is -0.481 e. The number of Topliss-reactive ketones (excluding diaryl/α,β-unsaturated/α-hetero) is 1. The van der Waals surface area contributed by atoms with Crippen molar-refractivity contribution in [2.75, 3.05) is 0 Å². The highest BCUT2D eigenvalue weighted by Crippen LogP contribution is 2.24. The second kappa shape index (κ2) is 6.44. The molecule has 1 heterocycles. The summed E-state index contributed by atoms with van der Waals surface area (Å²) in [5.74, 6) is 0.176. The molecular formula is C14H10Cl3NO2. The molecule has 2 rings (SSSR count). The molecule has 0 amide bonds. The number of pyridine rings is 1. The van der Waals surface area contributed by atoms with E-state index in [2.05, 4.69) is 4.98 Å². The smallest absolute Gasteiger partial charge is 0.204 e. The molecule has 0 saturated heterocycles. The summed E-state index contributed by atoms with van der Waals surface area (Å²) < 4.78 is 5.51. The Morgan fingerprint density at radius 1 is 1.15 bits per heavy atom. The van der Waals surface area contributed by atoms with Crippen LogP contribution < -0.4 is 4.74 Å². The average molecular weight is 331 g/mol. The van der Waals surface area contributed by atoms with Crippen LogP contribution in [0, 0.1) is 0 Å². The summed E-state index contributed by atoms with van der Waals surface area (Å²) in [6.07, 6.45) is 2.25. The molecule has 0 spiro atoms. The first-order chi connectivity index (χ1) is 9.47. The van der Waals surface area contributed by atoms with Crippen LogP contribution in [0.5, 0.6) is 5.75 Å². The zero-order valence-corrected chi connectivity index (χ0v) is 12.7. The Morgan fingerprint density at radius 3 is 2.55 bits per heavy atom. The molecule has 1 unspecified atom stereocenters. The number of ether oxygens (including phenoxy) is 1. The molecule has 0 aliphatic heterocycles. The number of carbonyl (C=O) groups is 1. The van der Waals surface area contributed by atoms with Crippen molar-refractivity contribution in [2.45, 2.75) is 13.0 Å². The van der Waals surface area contributed by atoms with Crippen LogP contribution in [-0.4, -0.2) is 16.9 Å². The van der Waals surface area contributed by atoms with Gasteiger partial charge in [0.25, 0.3) is 0 Å². The number of halogens is 3. The molecule has 0 aliphatic rings. The quantitative estimate of drug-likeness (QED) is 0.763.